The molecule has 0 fully saturated rings. The van der Waals surface area contributed by atoms with Gasteiger partial charge in [-0.15, -0.1) is 0 Å². The van der Waals surface area contributed by atoms with Gasteiger partial charge in [0.1, 0.15) is 0 Å². The molecule has 0 atom stereocenters. The van der Waals surface area contributed by atoms with Gasteiger partial charge >= 0.3 is 0 Å². The van der Waals surface area contributed by atoms with Crippen molar-refractivity contribution in [1.82, 2.24) is 4.90 Å². The van der Waals surface area contributed by atoms with Crippen LogP contribution in [0.1, 0.15) is 27.2 Å². The van der Waals surface area contributed by atoms with Gasteiger partial charge in [-0.1, -0.05) is 5.57 Å². The lowest BCUT2D eigenvalue weighted by Gasteiger charge is -2.17. The van der Waals surface area contributed by atoms with Crippen molar-refractivity contribution >= 4 is 0 Å². The van der Waals surface area contributed by atoms with Crippen LogP contribution in [0.2, 0.25) is 0 Å². The average Bonchev–Trinajstić information content (AvgIpc) is 2.37. The Balaban J connectivity index is 2.55. The quantitative estimate of drug-likeness (QED) is 0.640. The Bertz CT molecular complexity index is 202. The van der Waals surface area contributed by atoms with E-state index in [9.17, 15) is 0 Å². The molecule has 0 radical (unpaired) electrons. The Hall–Kier alpha value is -0.920. The van der Waals surface area contributed by atoms with Crippen LogP contribution in [0.3, 0.4) is 0 Å². The van der Waals surface area contributed by atoms with Crippen LogP contribution in [0.5, 0.6) is 0 Å². The molecule has 0 unspecified atom stereocenters. The fourth-order valence-corrected chi connectivity index (χ4v) is 1.28. The summed E-state index contributed by atoms with van der Waals surface area (Å²) in [6.07, 6.45) is 5.37. The first-order valence-corrected chi connectivity index (χ1v) is 4.48. The number of ether oxygens (including phenoxy) is 1. The molecule has 0 saturated carbocycles. The van der Waals surface area contributed by atoms with Gasteiger partial charge in [0.25, 0.3) is 0 Å². The molecular formula is C10H17NO. The Morgan fingerprint density at radius 2 is 2.42 bits per heavy atom. The summed E-state index contributed by atoms with van der Waals surface area (Å²) in [5.41, 5.74) is 1.31. The van der Waals surface area contributed by atoms with Gasteiger partial charge in [-0.05, 0) is 33.3 Å². The normalized spacial score (nSPS) is 15.9. The maximum atomic E-state index is 5.46. The van der Waals surface area contributed by atoms with Crippen LogP contribution >= 0.6 is 0 Å². The molecule has 12 heavy (non-hydrogen) atoms. The predicted octanol–water partition coefficient (Wildman–Crippen LogP) is 2.49. The Morgan fingerprint density at radius 3 is 3.00 bits per heavy atom. The third-order valence-electron chi connectivity index (χ3n) is 1.68. The minimum atomic E-state index is 0.749. The van der Waals surface area contributed by atoms with Gasteiger partial charge in [0.15, 0.2) is 5.88 Å². The van der Waals surface area contributed by atoms with E-state index in [-0.39, 0.29) is 0 Å². The molecule has 0 aromatic heterocycles. The van der Waals surface area contributed by atoms with E-state index in [1.807, 2.05) is 6.92 Å². The zero-order valence-corrected chi connectivity index (χ0v) is 8.13. The lowest BCUT2D eigenvalue weighted by atomic mass is 10.4. The van der Waals surface area contributed by atoms with Crippen LogP contribution in [0.25, 0.3) is 0 Å². The zero-order chi connectivity index (χ0) is 8.97. The Morgan fingerprint density at radius 1 is 1.67 bits per heavy atom. The molecule has 68 valence electrons. The first-order chi connectivity index (χ1) is 5.74. The minimum absolute atomic E-state index is 0.749. The van der Waals surface area contributed by atoms with Gasteiger partial charge in [-0.25, -0.2) is 0 Å². The second-order valence-corrected chi connectivity index (χ2v) is 3.16. The first-order valence-electron chi connectivity index (χ1n) is 4.48. The minimum Gasteiger partial charge on any atom is -0.479 e. The van der Waals surface area contributed by atoms with Crippen molar-refractivity contribution in [1.29, 1.82) is 0 Å². The zero-order valence-electron chi connectivity index (χ0n) is 8.13. The third kappa shape index (κ3) is 2.29. The van der Waals surface area contributed by atoms with Gasteiger partial charge in [0.05, 0.1) is 6.61 Å². The summed E-state index contributed by atoms with van der Waals surface area (Å²) >= 11 is 0. The van der Waals surface area contributed by atoms with E-state index in [0.29, 0.717) is 0 Å². The number of nitrogens with zero attached hydrogens (tertiary/aromatic N) is 1. The van der Waals surface area contributed by atoms with Gasteiger partial charge in [0, 0.05) is 12.7 Å². The van der Waals surface area contributed by atoms with Gasteiger partial charge < -0.3 is 9.64 Å². The van der Waals surface area contributed by atoms with Crippen LogP contribution in [0.4, 0.5) is 0 Å². The van der Waals surface area contributed by atoms with E-state index >= 15 is 0 Å². The fraction of sp³-hybridized carbons (Fsp3) is 0.600. The van der Waals surface area contributed by atoms with E-state index in [4.69, 9.17) is 4.74 Å². The second kappa shape index (κ2) is 4.19. The van der Waals surface area contributed by atoms with E-state index < -0.39 is 0 Å². The topological polar surface area (TPSA) is 12.5 Å². The monoisotopic (exact) mass is 167 g/mol. The molecule has 1 aliphatic heterocycles. The molecule has 1 heterocycles. The second-order valence-electron chi connectivity index (χ2n) is 3.16. The fourth-order valence-electron chi connectivity index (χ4n) is 1.28. The summed E-state index contributed by atoms with van der Waals surface area (Å²) < 4.78 is 5.46. The van der Waals surface area contributed by atoms with Crippen molar-refractivity contribution in [2.75, 3.05) is 13.2 Å². The van der Waals surface area contributed by atoms with Crippen molar-refractivity contribution in [2.45, 2.75) is 27.2 Å². The van der Waals surface area contributed by atoms with E-state index in [2.05, 4.69) is 31.0 Å². The van der Waals surface area contributed by atoms with Crippen LogP contribution in [0.15, 0.2) is 23.7 Å². The van der Waals surface area contributed by atoms with E-state index in [1.54, 1.807) is 0 Å². The van der Waals surface area contributed by atoms with Crippen LogP contribution in [0, 0.1) is 0 Å². The summed E-state index contributed by atoms with van der Waals surface area (Å²) in [4.78, 5) is 2.17. The first kappa shape index (κ1) is 9.17. The molecule has 0 aromatic carbocycles. The SMILES string of the molecule is CCOC1=CCCN1C=C(C)C. The summed E-state index contributed by atoms with van der Waals surface area (Å²) in [7, 11) is 0. The molecule has 0 bridgehead atoms. The number of allylic oxidation sites excluding steroid dienone is 1. The molecule has 0 aromatic rings. The molecule has 0 aliphatic carbocycles. The smallest absolute Gasteiger partial charge is 0.189 e. The maximum absolute atomic E-state index is 5.46. The van der Waals surface area contributed by atoms with Crippen molar-refractivity contribution < 1.29 is 4.74 Å². The van der Waals surface area contributed by atoms with E-state index in [1.165, 1.54) is 5.57 Å². The molecule has 1 rings (SSSR count). The highest BCUT2D eigenvalue weighted by molar-refractivity contribution is 5.08. The van der Waals surface area contributed by atoms with Crippen molar-refractivity contribution in [3.8, 4) is 0 Å². The molecule has 0 amide bonds. The summed E-state index contributed by atoms with van der Waals surface area (Å²) in [6.45, 7) is 8.02. The Kier molecular flexibility index (Phi) is 3.20. The van der Waals surface area contributed by atoms with Crippen molar-refractivity contribution in [3.05, 3.63) is 23.7 Å². The average molecular weight is 167 g/mol. The van der Waals surface area contributed by atoms with Crippen LogP contribution in [-0.2, 0) is 4.74 Å². The highest BCUT2D eigenvalue weighted by Crippen LogP contribution is 2.17. The Labute approximate surface area is 74.5 Å². The molecular weight excluding hydrogens is 150 g/mol. The van der Waals surface area contributed by atoms with Gasteiger partial charge in [0.2, 0.25) is 0 Å². The summed E-state index contributed by atoms with van der Waals surface area (Å²) in [6, 6.07) is 0. The number of hydrogen-bond donors (Lipinski definition) is 0. The number of rotatable bonds is 3. The molecule has 1 aliphatic rings. The van der Waals surface area contributed by atoms with Crippen LogP contribution in [-0.4, -0.2) is 18.1 Å². The highest BCUT2D eigenvalue weighted by atomic mass is 16.5. The maximum Gasteiger partial charge on any atom is 0.189 e. The molecule has 0 N–H and O–H groups in total. The highest BCUT2D eigenvalue weighted by Gasteiger charge is 2.12. The predicted molar refractivity (Wildman–Crippen MR) is 50.5 cm³/mol. The van der Waals surface area contributed by atoms with Crippen LogP contribution < -0.4 is 0 Å². The molecule has 0 saturated heterocycles. The van der Waals surface area contributed by atoms with E-state index in [0.717, 1.165) is 25.5 Å². The van der Waals surface area contributed by atoms with Gasteiger partial charge in [-0.2, -0.15) is 0 Å². The lowest BCUT2D eigenvalue weighted by molar-refractivity contribution is 0.161. The van der Waals surface area contributed by atoms with Crippen molar-refractivity contribution in [3.63, 3.8) is 0 Å². The molecule has 0 spiro atoms. The molecule has 2 heteroatoms. The lowest BCUT2D eigenvalue weighted by Crippen LogP contribution is -2.14. The molecule has 2 nitrogen and oxygen atoms in total. The third-order valence-corrected chi connectivity index (χ3v) is 1.68. The largest absolute Gasteiger partial charge is 0.479 e. The summed E-state index contributed by atoms with van der Waals surface area (Å²) in [5, 5.41) is 0. The van der Waals surface area contributed by atoms with Gasteiger partial charge in [-0.3, -0.25) is 0 Å². The standard InChI is InChI=1S/C10H17NO/c1-4-12-10-6-5-7-11(10)8-9(2)3/h6,8H,4-5,7H2,1-3H3. The summed E-state index contributed by atoms with van der Waals surface area (Å²) in [5.74, 6) is 1.01. The van der Waals surface area contributed by atoms with Crippen molar-refractivity contribution in [2.24, 2.45) is 0 Å². The number of hydrogen-bond acceptors (Lipinski definition) is 2.